The van der Waals surface area contributed by atoms with Gasteiger partial charge in [0, 0.05) is 37.9 Å². The van der Waals surface area contributed by atoms with Gasteiger partial charge in [-0.25, -0.2) is 0 Å². The number of morpholine rings is 1. The normalized spacial score (nSPS) is 19.3. The van der Waals surface area contributed by atoms with E-state index in [1.807, 2.05) is 4.90 Å². The highest BCUT2D eigenvalue weighted by Gasteiger charge is 2.22. The Bertz CT molecular complexity index is 562. The molecular weight excluding hydrogens is 294 g/mol. The van der Waals surface area contributed by atoms with Gasteiger partial charge in [-0.1, -0.05) is 12.8 Å². The van der Waals surface area contributed by atoms with E-state index in [1.165, 1.54) is 12.8 Å². The summed E-state index contributed by atoms with van der Waals surface area (Å²) in [6, 6.07) is 3.31. The average molecular weight is 317 g/mol. The molecule has 6 nitrogen and oxygen atoms in total. The molecule has 2 amide bonds. The van der Waals surface area contributed by atoms with Gasteiger partial charge in [0.2, 0.25) is 0 Å². The molecule has 2 saturated heterocycles. The number of aromatic nitrogens is 1. The molecule has 3 heterocycles. The van der Waals surface area contributed by atoms with Crippen LogP contribution in [0.5, 0.6) is 0 Å². The number of pyridine rings is 1. The van der Waals surface area contributed by atoms with Crippen LogP contribution in [0.25, 0.3) is 0 Å². The van der Waals surface area contributed by atoms with Crippen LogP contribution >= 0.6 is 0 Å². The number of hydrogen-bond donors (Lipinski definition) is 0. The molecule has 0 radical (unpaired) electrons. The molecule has 1 aromatic rings. The molecule has 6 heteroatoms. The minimum atomic E-state index is -0.0662. The van der Waals surface area contributed by atoms with Crippen molar-refractivity contribution in [1.82, 2.24) is 14.8 Å². The van der Waals surface area contributed by atoms with Crippen LogP contribution in [0, 0.1) is 0 Å². The van der Waals surface area contributed by atoms with Crippen LogP contribution in [0.3, 0.4) is 0 Å². The van der Waals surface area contributed by atoms with Gasteiger partial charge in [-0.05, 0) is 25.0 Å². The molecule has 0 bridgehead atoms. The first-order valence-electron chi connectivity index (χ1n) is 8.38. The molecule has 0 atom stereocenters. The van der Waals surface area contributed by atoms with Gasteiger partial charge in [-0.2, -0.15) is 0 Å². The highest BCUT2D eigenvalue weighted by Crippen LogP contribution is 2.14. The van der Waals surface area contributed by atoms with Gasteiger partial charge in [-0.15, -0.1) is 0 Å². The van der Waals surface area contributed by atoms with E-state index in [2.05, 4.69) is 4.98 Å². The van der Waals surface area contributed by atoms with Crippen molar-refractivity contribution in [3.63, 3.8) is 0 Å². The Labute approximate surface area is 136 Å². The second kappa shape index (κ2) is 7.55. The van der Waals surface area contributed by atoms with Crippen LogP contribution in [-0.2, 0) is 4.74 Å². The lowest BCUT2D eigenvalue weighted by Crippen LogP contribution is -2.40. The fourth-order valence-corrected chi connectivity index (χ4v) is 3.07. The summed E-state index contributed by atoms with van der Waals surface area (Å²) in [6.07, 6.45) is 5.98. The SMILES string of the molecule is O=C(c1ccnc(C(=O)N2CCCCCC2)c1)N1CCOCC1. The number of amides is 2. The molecule has 0 saturated carbocycles. The van der Waals surface area contributed by atoms with Crippen molar-refractivity contribution < 1.29 is 14.3 Å². The highest BCUT2D eigenvalue weighted by atomic mass is 16.5. The van der Waals surface area contributed by atoms with Crippen molar-refractivity contribution in [3.05, 3.63) is 29.6 Å². The predicted octanol–water partition coefficient (Wildman–Crippen LogP) is 1.57. The summed E-state index contributed by atoms with van der Waals surface area (Å²) in [5.74, 6) is -0.121. The summed E-state index contributed by atoms with van der Waals surface area (Å²) in [7, 11) is 0. The molecule has 0 unspecified atom stereocenters. The molecular formula is C17H23N3O3. The molecule has 1 aromatic heterocycles. The van der Waals surface area contributed by atoms with Crippen molar-refractivity contribution in [1.29, 1.82) is 0 Å². The number of likely N-dealkylation sites (tertiary alicyclic amines) is 1. The van der Waals surface area contributed by atoms with E-state index in [9.17, 15) is 9.59 Å². The maximum absolute atomic E-state index is 12.6. The quantitative estimate of drug-likeness (QED) is 0.830. The Morgan fingerprint density at radius 3 is 2.26 bits per heavy atom. The molecule has 2 aliphatic rings. The maximum Gasteiger partial charge on any atom is 0.272 e. The molecule has 0 aromatic carbocycles. The Kier molecular flexibility index (Phi) is 5.23. The first-order chi connectivity index (χ1) is 11.3. The van der Waals surface area contributed by atoms with Gasteiger partial charge in [0.05, 0.1) is 13.2 Å². The predicted molar refractivity (Wildman–Crippen MR) is 85.3 cm³/mol. The summed E-state index contributed by atoms with van der Waals surface area (Å²) in [6.45, 7) is 3.88. The number of nitrogens with zero attached hydrogens (tertiary/aromatic N) is 3. The van der Waals surface area contributed by atoms with E-state index in [1.54, 1.807) is 23.2 Å². The van der Waals surface area contributed by atoms with E-state index in [-0.39, 0.29) is 11.8 Å². The third-order valence-corrected chi connectivity index (χ3v) is 4.42. The largest absolute Gasteiger partial charge is 0.378 e. The van der Waals surface area contributed by atoms with Crippen molar-refractivity contribution in [3.8, 4) is 0 Å². The van der Waals surface area contributed by atoms with Crippen LogP contribution < -0.4 is 0 Å². The third-order valence-electron chi connectivity index (χ3n) is 4.42. The van der Waals surface area contributed by atoms with Gasteiger partial charge in [0.25, 0.3) is 11.8 Å². The second-order valence-electron chi connectivity index (χ2n) is 6.04. The minimum absolute atomic E-state index is 0.0550. The monoisotopic (exact) mass is 317 g/mol. The standard InChI is InChI=1S/C17H23N3O3/c21-16(20-9-11-23-12-10-20)14-5-6-18-15(13-14)17(22)19-7-3-1-2-4-8-19/h5-6,13H,1-4,7-12H2. The zero-order valence-corrected chi connectivity index (χ0v) is 13.4. The number of carbonyl (C=O) groups excluding carboxylic acids is 2. The first-order valence-corrected chi connectivity index (χ1v) is 8.38. The van der Waals surface area contributed by atoms with Crippen LogP contribution in [0.15, 0.2) is 18.3 Å². The number of rotatable bonds is 2. The van der Waals surface area contributed by atoms with E-state index in [0.717, 1.165) is 25.9 Å². The van der Waals surface area contributed by atoms with Gasteiger partial charge in [-0.3, -0.25) is 14.6 Å². The van der Waals surface area contributed by atoms with Gasteiger partial charge in [0.15, 0.2) is 0 Å². The van der Waals surface area contributed by atoms with E-state index >= 15 is 0 Å². The average Bonchev–Trinajstić information content (AvgIpc) is 2.91. The van der Waals surface area contributed by atoms with Crippen LogP contribution in [0.2, 0.25) is 0 Å². The zero-order valence-electron chi connectivity index (χ0n) is 13.4. The minimum Gasteiger partial charge on any atom is -0.378 e. The summed E-state index contributed by atoms with van der Waals surface area (Å²) in [5.41, 5.74) is 0.895. The Morgan fingerprint density at radius 2 is 1.57 bits per heavy atom. The summed E-state index contributed by atoms with van der Waals surface area (Å²) in [5, 5.41) is 0. The lowest BCUT2D eigenvalue weighted by atomic mass is 10.1. The van der Waals surface area contributed by atoms with Crippen LogP contribution in [-0.4, -0.2) is 66.0 Å². The van der Waals surface area contributed by atoms with Crippen LogP contribution in [0.1, 0.15) is 46.5 Å². The van der Waals surface area contributed by atoms with Gasteiger partial charge >= 0.3 is 0 Å². The smallest absolute Gasteiger partial charge is 0.272 e. The van der Waals surface area contributed by atoms with Crippen molar-refractivity contribution in [2.45, 2.75) is 25.7 Å². The second-order valence-corrected chi connectivity index (χ2v) is 6.04. The topological polar surface area (TPSA) is 62.7 Å². The lowest BCUT2D eigenvalue weighted by Gasteiger charge is -2.27. The van der Waals surface area contributed by atoms with E-state index in [4.69, 9.17) is 4.74 Å². The van der Waals surface area contributed by atoms with Gasteiger partial charge < -0.3 is 14.5 Å². The summed E-state index contributed by atoms with van der Waals surface area (Å²) >= 11 is 0. The molecule has 0 N–H and O–H groups in total. The molecule has 124 valence electrons. The van der Waals surface area contributed by atoms with E-state index < -0.39 is 0 Å². The number of ether oxygens (including phenoxy) is 1. The molecule has 0 aliphatic carbocycles. The maximum atomic E-state index is 12.6. The zero-order chi connectivity index (χ0) is 16.1. The molecule has 0 spiro atoms. The van der Waals surface area contributed by atoms with Crippen molar-refractivity contribution >= 4 is 11.8 Å². The van der Waals surface area contributed by atoms with Crippen LogP contribution in [0.4, 0.5) is 0 Å². The van der Waals surface area contributed by atoms with Crippen molar-refractivity contribution in [2.24, 2.45) is 0 Å². The summed E-state index contributed by atoms with van der Waals surface area (Å²) in [4.78, 5) is 33.0. The van der Waals surface area contributed by atoms with Gasteiger partial charge in [0.1, 0.15) is 5.69 Å². The molecule has 2 fully saturated rings. The fraction of sp³-hybridized carbons (Fsp3) is 0.588. The lowest BCUT2D eigenvalue weighted by molar-refractivity contribution is 0.0303. The Balaban J connectivity index is 1.73. The molecule has 3 rings (SSSR count). The molecule has 23 heavy (non-hydrogen) atoms. The molecule has 2 aliphatic heterocycles. The number of carbonyl (C=O) groups is 2. The third kappa shape index (κ3) is 3.88. The van der Waals surface area contributed by atoms with Crippen molar-refractivity contribution in [2.75, 3.05) is 39.4 Å². The highest BCUT2D eigenvalue weighted by molar-refractivity contribution is 5.98. The number of hydrogen-bond acceptors (Lipinski definition) is 4. The fourth-order valence-electron chi connectivity index (χ4n) is 3.07. The summed E-state index contributed by atoms with van der Waals surface area (Å²) < 4.78 is 5.27. The Hall–Kier alpha value is -1.95. The Morgan fingerprint density at radius 1 is 0.913 bits per heavy atom. The first kappa shape index (κ1) is 15.9. The van der Waals surface area contributed by atoms with E-state index in [0.29, 0.717) is 37.6 Å².